The minimum atomic E-state index is 0.785. The first-order valence-electron chi connectivity index (χ1n) is 9.00. The van der Waals surface area contributed by atoms with E-state index in [4.69, 9.17) is 0 Å². The van der Waals surface area contributed by atoms with Crippen LogP contribution in [-0.2, 0) is 0 Å². The lowest BCUT2D eigenvalue weighted by molar-refractivity contribution is 0.131. The summed E-state index contributed by atoms with van der Waals surface area (Å²) in [6.07, 6.45) is 8.24. The van der Waals surface area contributed by atoms with Crippen LogP contribution >= 0.6 is 0 Å². The summed E-state index contributed by atoms with van der Waals surface area (Å²) in [6.45, 7) is 15.4. The van der Waals surface area contributed by atoms with Crippen LogP contribution in [-0.4, -0.2) is 36.6 Å². The molecule has 0 atom stereocenters. The summed E-state index contributed by atoms with van der Waals surface area (Å²) in [5, 5.41) is 3.63. The number of nitrogens with zero attached hydrogens (tertiary/aromatic N) is 1. The molecule has 20 heavy (non-hydrogen) atoms. The summed E-state index contributed by atoms with van der Waals surface area (Å²) >= 11 is 0. The molecule has 0 bridgehead atoms. The van der Waals surface area contributed by atoms with Gasteiger partial charge in [0.15, 0.2) is 0 Å². The smallest absolute Gasteiger partial charge is 0.00964 e. The van der Waals surface area contributed by atoms with E-state index in [9.17, 15) is 0 Å². The molecule has 1 aliphatic carbocycles. The number of nitrogens with one attached hydrogen (secondary N) is 1. The van der Waals surface area contributed by atoms with Crippen LogP contribution in [0.2, 0.25) is 0 Å². The van der Waals surface area contributed by atoms with Crippen molar-refractivity contribution in [2.45, 2.75) is 85.2 Å². The van der Waals surface area contributed by atoms with Gasteiger partial charge in [-0.25, -0.2) is 0 Å². The predicted molar refractivity (Wildman–Crippen MR) is 90.2 cm³/mol. The highest BCUT2D eigenvalue weighted by molar-refractivity contribution is 4.83. The van der Waals surface area contributed by atoms with Crippen LogP contribution in [0.4, 0.5) is 0 Å². The fourth-order valence-electron chi connectivity index (χ4n) is 3.26. The van der Waals surface area contributed by atoms with Crippen LogP contribution in [0.25, 0.3) is 0 Å². The molecule has 0 amide bonds. The second kappa shape index (κ2) is 9.78. The van der Waals surface area contributed by atoms with Gasteiger partial charge >= 0.3 is 0 Å². The maximum absolute atomic E-state index is 3.63. The molecule has 0 radical (unpaired) electrons. The third-order valence-corrected chi connectivity index (χ3v) is 4.69. The quantitative estimate of drug-likeness (QED) is 0.678. The van der Waals surface area contributed by atoms with Gasteiger partial charge in [-0.1, -0.05) is 34.6 Å². The Morgan fingerprint density at radius 1 is 0.900 bits per heavy atom. The van der Waals surface area contributed by atoms with Crippen LogP contribution in [0.15, 0.2) is 0 Å². The summed E-state index contributed by atoms with van der Waals surface area (Å²) in [4.78, 5) is 2.81. The topological polar surface area (TPSA) is 15.3 Å². The van der Waals surface area contributed by atoms with E-state index in [1.54, 1.807) is 0 Å². The second-order valence-corrected chi connectivity index (χ2v) is 7.46. The molecule has 0 heterocycles. The molecule has 1 saturated carbocycles. The summed E-state index contributed by atoms with van der Waals surface area (Å²) in [6, 6.07) is 1.63. The Hall–Kier alpha value is -0.0800. The molecule has 0 aromatic carbocycles. The van der Waals surface area contributed by atoms with Crippen LogP contribution in [0.3, 0.4) is 0 Å². The summed E-state index contributed by atoms with van der Waals surface area (Å²) in [5.41, 5.74) is 0. The van der Waals surface area contributed by atoms with Crippen molar-refractivity contribution in [1.82, 2.24) is 10.2 Å². The normalized spacial score (nSPS) is 24.0. The largest absolute Gasteiger partial charge is 0.314 e. The van der Waals surface area contributed by atoms with Crippen LogP contribution in [0.5, 0.6) is 0 Å². The molecule has 120 valence electrons. The molecular weight excluding hydrogens is 244 g/mol. The lowest BCUT2D eigenvalue weighted by atomic mass is 9.89. The Morgan fingerprint density at radius 2 is 1.40 bits per heavy atom. The van der Waals surface area contributed by atoms with Gasteiger partial charge in [-0.15, -0.1) is 0 Å². The lowest BCUT2D eigenvalue weighted by Crippen LogP contribution is -2.43. The van der Waals surface area contributed by atoms with E-state index in [1.165, 1.54) is 51.6 Å². The van der Waals surface area contributed by atoms with Gasteiger partial charge in [0.2, 0.25) is 0 Å². The second-order valence-electron chi connectivity index (χ2n) is 7.46. The molecule has 0 unspecified atom stereocenters. The molecule has 0 aromatic heterocycles. The molecule has 1 fully saturated rings. The Balaban J connectivity index is 2.41. The van der Waals surface area contributed by atoms with Gasteiger partial charge in [-0.3, -0.25) is 0 Å². The van der Waals surface area contributed by atoms with Crippen LogP contribution in [0, 0.1) is 11.8 Å². The fraction of sp³-hybridized carbons (Fsp3) is 1.00. The molecule has 0 spiro atoms. The van der Waals surface area contributed by atoms with Crippen LogP contribution in [0.1, 0.15) is 73.1 Å². The molecule has 0 aromatic rings. The van der Waals surface area contributed by atoms with Gasteiger partial charge in [0.1, 0.15) is 0 Å². The van der Waals surface area contributed by atoms with Crippen molar-refractivity contribution >= 4 is 0 Å². The van der Waals surface area contributed by atoms with Gasteiger partial charge in [0.25, 0.3) is 0 Å². The highest BCUT2D eigenvalue weighted by Crippen LogP contribution is 2.24. The first-order valence-corrected chi connectivity index (χ1v) is 9.00. The third-order valence-electron chi connectivity index (χ3n) is 4.69. The standard InChI is InChI=1S/C18H38N2/c1-6-19-17-7-9-18(10-8-17)20(13-11-15(2)3)14-12-16(4)5/h15-19H,6-14H2,1-5H3. The zero-order chi connectivity index (χ0) is 15.0. The molecular formula is C18H38N2. The third kappa shape index (κ3) is 7.08. The molecule has 0 saturated heterocycles. The van der Waals surface area contributed by atoms with Crippen molar-refractivity contribution in [3.8, 4) is 0 Å². The molecule has 0 aliphatic heterocycles. The molecule has 1 N–H and O–H groups in total. The highest BCUT2D eigenvalue weighted by atomic mass is 15.2. The first-order chi connectivity index (χ1) is 9.52. The average Bonchev–Trinajstić information content (AvgIpc) is 2.40. The van der Waals surface area contributed by atoms with E-state index < -0.39 is 0 Å². The van der Waals surface area contributed by atoms with Gasteiger partial charge in [-0.05, 0) is 70.0 Å². The van der Waals surface area contributed by atoms with E-state index in [2.05, 4.69) is 44.8 Å². The Labute approximate surface area is 127 Å². The number of rotatable bonds is 9. The predicted octanol–water partition coefficient (Wildman–Crippen LogP) is 4.30. The van der Waals surface area contributed by atoms with Crippen LogP contribution < -0.4 is 5.32 Å². The minimum absolute atomic E-state index is 0.785. The monoisotopic (exact) mass is 282 g/mol. The summed E-state index contributed by atoms with van der Waals surface area (Å²) < 4.78 is 0. The maximum atomic E-state index is 3.63. The number of hydrogen-bond acceptors (Lipinski definition) is 2. The SMILES string of the molecule is CCNC1CCC(N(CCC(C)C)CCC(C)C)CC1. The van der Waals surface area contributed by atoms with Crippen molar-refractivity contribution in [2.75, 3.05) is 19.6 Å². The zero-order valence-electron chi connectivity index (χ0n) is 14.6. The molecule has 1 aliphatic rings. The Kier molecular flexibility index (Phi) is 8.79. The Morgan fingerprint density at radius 3 is 1.80 bits per heavy atom. The summed E-state index contributed by atoms with van der Waals surface area (Å²) in [5.74, 6) is 1.66. The zero-order valence-corrected chi connectivity index (χ0v) is 14.6. The van der Waals surface area contributed by atoms with Gasteiger partial charge in [-0.2, -0.15) is 0 Å². The Bertz CT molecular complexity index is 218. The lowest BCUT2D eigenvalue weighted by Gasteiger charge is -2.38. The van der Waals surface area contributed by atoms with Crippen molar-refractivity contribution in [1.29, 1.82) is 0 Å². The van der Waals surface area contributed by atoms with E-state index in [0.717, 1.165) is 30.5 Å². The van der Waals surface area contributed by atoms with Crippen molar-refractivity contribution < 1.29 is 0 Å². The van der Waals surface area contributed by atoms with Gasteiger partial charge < -0.3 is 10.2 Å². The van der Waals surface area contributed by atoms with Crippen molar-refractivity contribution in [3.63, 3.8) is 0 Å². The van der Waals surface area contributed by atoms with Crippen molar-refractivity contribution in [3.05, 3.63) is 0 Å². The van der Waals surface area contributed by atoms with E-state index in [0.29, 0.717) is 0 Å². The first kappa shape index (κ1) is 18.0. The fourth-order valence-corrected chi connectivity index (χ4v) is 3.26. The average molecular weight is 283 g/mol. The maximum Gasteiger partial charge on any atom is 0.00964 e. The van der Waals surface area contributed by atoms with Gasteiger partial charge in [0, 0.05) is 12.1 Å². The van der Waals surface area contributed by atoms with E-state index >= 15 is 0 Å². The molecule has 2 nitrogen and oxygen atoms in total. The van der Waals surface area contributed by atoms with Gasteiger partial charge in [0.05, 0.1) is 0 Å². The molecule has 1 rings (SSSR count). The van der Waals surface area contributed by atoms with E-state index in [-0.39, 0.29) is 0 Å². The highest BCUT2D eigenvalue weighted by Gasteiger charge is 2.25. The number of hydrogen-bond donors (Lipinski definition) is 1. The van der Waals surface area contributed by atoms with Crippen molar-refractivity contribution in [2.24, 2.45) is 11.8 Å². The summed E-state index contributed by atoms with van der Waals surface area (Å²) in [7, 11) is 0. The molecule has 2 heteroatoms. The minimum Gasteiger partial charge on any atom is -0.314 e. The van der Waals surface area contributed by atoms with E-state index in [1.807, 2.05) is 0 Å².